The van der Waals surface area contributed by atoms with Crippen LogP contribution < -0.4 is 17.2 Å². The first-order valence-corrected chi connectivity index (χ1v) is 4.06. The van der Waals surface area contributed by atoms with Crippen LogP contribution in [0.2, 0.25) is 0 Å². The average molecular weight is 149 g/mol. The standard InChI is InChI=1S/C5H15N3S/c1-4(7)5(8)9-3-2-6/h4-5H,2-3,6-8H2,1H3. The highest BCUT2D eigenvalue weighted by Gasteiger charge is 2.05. The fourth-order valence-corrected chi connectivity index (χ4v) is 1.07. The van der Waals surface area contributed by atoms with Crippen LogP contribution in [0, 0.1) is 0 Å². The van der Waals surface area contributed by atoms with E-state index in [2.05, 4.69) is 0 Å². The Kier molecular flexibility index (Phi) is 5.18. The van der Waals surface area contributed by atoms with Crippen molar-refractivity contribution in [1.29, 1.82) is 0 Å². The molecule has 0 bridgehead atoms. The molecule has 0 aliphatic heterocycles. The summed E-state index contributed by atoms with van der Waals surface area (Å²) in [6, 6.07) is 0.0570. The molecule has 9 heavy (non-hydrogen) atoms. The van der Waals surface area contributed by atoms with E-state index in [4.69, 9.17) is 17.2 Å². The summed E-state index contributed by atoms with van der Waals surface area (Å²) in [7, 11) is 0. The molecule has 0 aromatic rings. The maximum absolute atomic E-state index is 5.58. The van der Waals surface area contributed by atoms with Gasteiger partial charge >= 0.3 is 0 Å². The number of rotatable bonds is 4. The molecule has 0 aromatic carbocycles. The lowest BCUT2D eigenvalue weighted by Crippen LogP contribution is -2.36. The fourth-order valence-electron chi connectivity index (χ4n) is 0.356. The molecule has 2 unspecified atom stereocenters. The first-order valence-electron chi connectivity index (χ1n) is 3.01. The largest absolute Gasteiger partial charge is 0.330 e. The molecular formula is C5H15N3S. The van der Waals surface area contributed by atoms with Crippen molar-refractivity contribution in [1.82, 2.24) is 0 Å². The van der Waals surface area contributed by atoms with Crippen LogP contribution in [0.1, 0.15) is 6.92 Å². The maximum atomic E-state index is 5.58. The predicted octanol–water partition coefficient (Wildman–Crippen LogP) is -0.690. The molecule has 2 atom stereocenters. The zero-order valence-electron chi connectivity index (χ0n) is 5.71. The normalized spacial score (nSPS) is 17.3. The van der Waals surface area contributed by atoms with Crippen LogP contribution in [0.3, 0.4) is 0 Å². The summed E-state index contributed by atoms with van der Waals surface area (Å²) < 4.78 is 0. The van der Waals surface area contributed by atoms with Gasteiger partial charge in [0.15, 0.2) is 0 Å². The molecule has 6 N–H and O–H groups in total. The highest BCUT2D eigenvalue weighted by atomic mass is 32.2. The quantitative estimate of drug-likeness (QED) is 0.462. The van der Waals surface area contributed by atoms with Gasteiger partial charge in [-0.05, 0) is 6.92 Å². The first kappa shape index (κ1) is 9.23. The van der Waals surface area contributed by atoms with Crippen molar-refractivity contribution in [3.05, 3.63) is 0 Å². The molecule has 0 aromatic heterocycles. The monoisotopic (exact) mass is 149 g/mol. The van der Waals surface area contributed by atoms with Gasteiger partial charge < -0.3 is 17.2 Å². The van der Waals surface area contributed by atoms with Gasteiger partial charge in [-0.25, -0.2) is 0 Å². The van der Waals surface area contributed by atoms with E-state index in [1.165, 1.54) is 0 Å². The van der Waals surface area contributed by atoms with Crippen molar-refractivity contribution in [2.24, 2.45) is 17.2 Å². The second-order valence-corrected chi connectivity index (χ2v) is 3.27. The molecule has 0 spiro atoms. The van der Waals surface area contributed by atoms with Gasteiger partial charge in [0, 0.05) is 18.3 Å². The molecule has 0 heterocycles. The van der Waals surface area contributed by atoms with Gasteiger partial charge in [0.25, 0.3) is 0 Å². The zero-order chi connectivity index (χ0) is 7.28. The van der Waals surface area contributed by atoms with Gasteiger partial charge in [-0.15, -0.1) is 11.8 Å². The summed E-state index contributed by atoms with van der Waals surface area (Å²) in [6.45, 7) is 2.57. The maximum Gasteiger partial charge on any atom is 0.0658 e. The summed E-state index contributed by atoms with van der Waals surface area (Å²) in [6.07, 6.45) is 0. The summed E-state index contributed by atoms with van der Waals surface area (Å²) >= 11 is 1.61. The van der Waals surface area contributed by atoms with Crippen LogP contribution in [0.25, 0.3) is 0 Å². The molecule has 56 valence electrons. The van der Waals surface area contributed by atoms with E-state index in [1.807, 2.05) is 6.92 Å². The van der Waals surface area contributed by atoms with Gasteiger partial charge in [-0.3, -0.25) is 0 Å². The minimum Gasteiger partial charge on any atom is -0.330 e. The lowest BCUT2D eigenvalue weighted by Gasteiger charge is -2.13. The van der Waals surface area contributed by atoms with Crippen molar-refractivity contribution in [3.8, 4) is 0 Å². The Morgan fingerprint density at radius 2 is 2.00 bits per heavy atom. The molecule has 0 fully saturated rings. The van der Waals surface area contributed by atoms with E-state index in [1.54, 1.807) is 11.8 Å². The third-order valence-corrected chi connectivity index (χ3v) is 2.23. The Hall–Kier alpha value is 0.230. The molecule has 0 saturated carbocycles. The Morgan fingerprint density at radius 1 is 1.44 bits per heavy atom. The Morgan fingerprint density at radius 3 is 2.33 bits per heavy atom. The number of thioether (sulfide) groups is 1. The van der Waals surface area contributed by atoms with Crippen LogP contribution in [0.5, 0.6) is 0 Å². The number of hydrogen-bond donors (Lipinski definition) is 3. The van der Waals surface area contributed by atoms with Gasteiger partial charge in [0.2, 0.25) is 0 Å². The first-order chi connectivity index (χ1) is 4.18. The van der Waals surface area contributed by atoms with Crippen molar-refractivity contribution in [2.45, 2.75) is 18.3 Å². The Bertz CT molecular complexity index is 67.2. The fraction of sp³-hybridized carbons (Fsp3) is 1.00. The lowest BCUT2D eigenvalue weighted by atomic mass is 10.4. The van der Waals surface area contributed by atoms with E-state index in [0.717, 1.165) is 5.75 Å². The van der Waals surface area contributed by atoms with Gasteiger partial charge in [-0.2, -0.15) is 0 Å². The molecule has 0 radical (unpaired) electrons. The van der Waals surface area contributed by atoms with Crippen molar-refractivity contribution in [3.63, 3.8) is 0 Å². The summed E-state index contributed by atoms with van der Waals surface area (Å²) in [4.78, 5) is 0. The molecule has 4 heteroatoms. The van der Waals surface area contributed by atoms with Crippen LogP contribution in [0.15, 0.2) is 0 Å². The van der Waals surface area contributed by atoms with E-state index in [0.29, 0.717) is 6.54 Å². The SMILES string of the molecule is CC(N)C(N)SCCN. The van der Waals surface area contributed by atoms with E-state index >= 15 is 0 Å². The molecule has 0 rings (SSSR count). The van der Waals surface area contributed by atoms with E-state index in [9.17, 15) is 0 Å². The molecule has 0 aliphatic carbocycles. The third-order valence-electron chi connectivity index (χ3n) is 0.946. The molecule has 0 aliphatic rings. The third kappa shape index (κ3) is 4.72. The Balaban J connectivity index is 3.16. The molecular weight excluding hydrogens is 134 g/mol. The van der Waals surface area contributed by atoms with E-state index < -0.39 is 0 Å². The van der Waals surface area contributed by atoms with E-state index in [-0.39, 0.29) is 11.4 Å². The van der Waals surface area contributed by atoms with Gasteiger partial charge in [-0.1, -0.05) is 0 Å². The van der Waals surface area contributed by atoms with Crippen molar-refractivity contribution < 1.29 is 0 Å². The summed E-state index contributed by atoms with van der Waals surface area (Å²) in [5.74, 6) is 0.892. The smallest absolute Gasteiger partial charge is 0.0658 e. The van der Waals surface area contributed by atoms with Crippen LogP contribution in [-0.4, -0.2) is 23.7 Å². The molecule has 3 nitrogen and oxygen atoms in total. The summed E-state index contributed by atoms with van der Waals surface area (Å²) in [5.41, 5.74) is 16.3. The van der Waals surface area contributed by atoms with Crippen LogP contribution in [-0.2, 0) is 0 Å². The zero-order valence-corrected chi connectivity index (χ0v) is 6.53. The molecule has 0 saturated heterocycles. The summed E-state index contributed by atoms with van der Waals surface area (Å²) in [5, 5.41) is 0.0357. The second-order valence-electron chi connectivity index (χ2n) is 1.98. The molecule has 0 amide bonds. The predicted molar refractivity (Wildman–Crippen MR) is 43.1 cm³/mol. The van der Waals surface area contributed by atoms with Crippen molar-refractivity contribution >= 4 is 11.8 Å². The average Bonchev–Trinajstić information content (AvgIpc) is 1.82. The minimum absolute atomic E-state index is 0.0357. The number of nitrogens with two attached hydrogens (primary N) is 3. The number of hydrogen-bond acceptors (Lipinski definition) is 4. The lowest BCUT2D eigenvalue weighted by molar-refractivity contribution is 0.709. The second kappa shape index (κ2) is 5.05. The van der Waals surface area contributed by atoms with Crippen LogP contribution in [0.4, 0.5) is 0 Å². The Labute approximate surface area is 60.3 Å². The minimum atomic E-state index is 0.0357. The highest BCUT2D eigenvalue weighted by molar-refractivity contribution is 7.99. The topological polar surface area (TPSA) is 78.1 Å². The van der Waals surface area contributed by atoms with Crippen LogP contribution >= 0.6 is 11.8 Å². The van der Waals surface area contributed by atoms with Gasteiger partial charge in [0.05, 0.1) is 5.37 Å². The highest BCUT2D eigenvalue weighted by Crippen LogP contribution is 2.05. The van der Waals surface area contributed by atoms with Crippen molar-refractivity contribution in [2.75, 3.05) is 12.3 Å². The van der Waals surface area contributed by atoms with Gasteiger partial charge in [0.1, 0.15) is 0 Å².